The molecular formula is C22H21FN2O3S. The number of benzene rings is 3. The highest BCUT2D eigenvalue weighted by Crippen LogP contribution is 2.20. The average Bonchev–Trinajstić information content (AvgIpc) is 2.70. The minimum atomic E-state index is -3.97. The van der Waals surface area contributed by atoms with E-state index in [1.807, 2.05) is 38.1 Å². The van der Waals surface area contributed by atoms with Crippen LogP contribution in [0, 0.1) is 12.7 Å². The number of carbonyl (C=O) groups is 1. The lowest BCUT2D eigenvalue weighted by molar-refractivity contribution is 0.0939. The van der Waals surface area contributed by atoms with Crippen molar-refractivity contribution in [2.45, 2.75) is 24.8 Å². The number of rotatable bonds is 6. The van der Waals surface area contributed by atoms with Crippen LogP contribution in [-0.4, -0.2) is 14.3 Å². The molecule has 150 valence electrons. The zero-order valence-corrected chi connectivity index (χ0v) is 16.8. The van der Waals surface area contributed by atoms with Crippen LogP contribution in [-0.2, 0) is 10.0 Å². The number of hydrogen-bond acceptors (Lipinski definition) is 3. The minimum Gasteiger partial charge on any atom is -0.346 e. The maximum absolute atomic E-state index is 13.7. The van der Waals surface area contributed by atoms with Crippen molar-refractivity contribution in [3.8, 4) is 0 Å². The Balaban J connectivity index is 1.73. The zero-order valence-electron chi connectivity index (χ0n) is 16.0. The number of hydrogen-bond donors (Lipinski definition) is 2. The summed E-state index contributed by atoms with van der Waals surface area (Å²) in [7, 11) is -3.97. The second-order valence-electron chi connectivity index (χ2n) is 6.66. The van der Waals surface area contributed by atoms with Gasteiger partial charge < -0.3 is 5.32 Å². The van der Waals surface area contributed by atoms with Gasteiger partial charge in [0.15, 0.2) is 0 Å². The number of nitrogens with one attached hydrogen (secondary N) is 2. The van der Waals surface area contributed by atoms with E-state index in [1.165, 1.54) is 48.5 Å². The molecule has 0 saturated heterocycles. The molecule has 3 rings (SSSR count). The highest BCUT2D eigenvalue weighted by molar-refractivity contribution is 7.92. The summed E-state index contributed by atoms with van der Waals surface area (Å²) < 4.78 is 40.8. The molecule has 29 heavy (non-hydrogen) atoms. The van der Waals surface area contributed by atoms with Gasteiger partial charge in [0.1, 0.15) is 5.82 Å². The first-order chi connectivity index (χ1) is 13.8. The summed E-state index contributed by atoms with van der Waals surface area (Å²) in [6, 6.07) is 18.6. The third kappa shape index (κ3) is 4.81. The van der Waals surface area contributed by atoms with Crippen LogP contribution in [0.4, 0.5) is 10.1 Å². The van der Waals surface area contributed by atoms with E-state index in [4.69, 9.17) is 0 Å². The zero-order chi connectivity index (χ0) is 21.0. The SMILES string of the molecule is Cc1ccccc1C(C)NC(=O)c1ccc(S(=O)(=O)Nc2ccccc2F)cc1. The van der Waals surface area contributed by atoms with Crippen molar-refractivity contribution in [2.24, 2.45) is 0 Å². The number of carbonyl (C=O) groups excluding carboxylic acids is 1. The van der Waals surface area contributed by atoms with Gasteiger partial charge in [0.05, 0.1) is 16.6 Å². The van der Waals surface area contributed by atoms with Crippen molar-refractivity contribution in [1.82, 2.24) is 5.32 Å². The molecule has 0 heterocycles. The molecular weight excluding hydrogens is 391 g/mol. The van der Waals surface area contributed by atoms with Gasteiger partial charge in [0, 0.05) is 5.56 Å². The van der Waals surface area contributed by atoms with Gasteiger partial charge in [-0.1, -0.05) is 36.4 Å². The van der Waals surface area contributed by atoms with Crippen LogP contribution in [0.1, 0.15) is 34.5 Å². The van der Waals surface area contributed by atoms with Crippen LogP contribution in [0.3, 0.4) is 0 Å². The predicted octanol–water partition coefficient (Wildman–Crippen LogP) is 4.43. The summed E-state index contributed by atoms with van der Waals surface area (Å²) >= 11 is 0. The van der Waals surface area contributed by atoms with Crippen LogP contribution >= 0.6 is 0 Å². The Morgan fingerprint density at radius 2 is 1.55 bits per heavy atom. The molecule has 3 aromatic rings. The van der Waals surface area contributed by atoms with Gasteiger partial charge in [-0.2, -0.15) is 0 Å². The average molecular weight is 412 g/mol. The fraction of sp³-hybridized carbons (Fsp3) is 0.136. The summed E-state index contributed by atoms with van der Waals surface area (Å²) in [4.78, 5) is 12.4. The quantitative estimate of drug-likeness (QED) is 0.629. The van der Waals surface area contributed by atoms with Gasteiger partial charge in [0.2, 0.25) is 0 Å². The maximum atomic E-state index is 13.7. The summed E-state index contributed by atoms with van der Waals surface area (Å²) in [5.41, 5.74) is 2.27. The van der Waals surface area contributed by atoms with Crippen LogP contribution < -0.4 is 10.0 Å². The summed E-state index contributed by atoms with van der Waals surface area (Å²) in [5, 5.41) is 2.91. The van der Waals surface area contributed by atoms with E-state index in [-0.39, 0.29) is 22.5 Å². The molecule has 0 saturated carbocycles. The van der Waals surface area contributed by atoms with Gasteiger partial charge in [0.25, 0.3) is 15.9 Å². The number of aryl methyl sites for hydroxylation is 1. The van der Waals surface area contributed by atoms with Crippen molar-refractivity contribution >= 4 is 21.6 Å². The first-order valence-electron chi connectivity index (χ1n) is 9.02. The Labute approximate surface area is 169 Å². The molecule has 0 fully saturated rings. The van der Waals surface area contributed by atoms with Gasteiger partial charge in [-0.15, -0.1) is 0 Å². The highest BCUT2D eigenvalue weighted by Gasteiger charge is 2.18. The standard InChI is InChI=1S/C22H21FN2O3S/c1-15-7-3-4-8-19(15)16(2)24-22(26)17-11-13-18(14-12-17)29(27,28)25-21-10-6-5-9-20(21)23/h3-14,16,25H,1-2H3,(H,24,26). The maximum Gasteiger partial charge on any atom is 0.261 e. The van der Waals surface area contributed by atoms with E-state index in [2.05, 4.69) is 10.0 Å². The third-order valence-corrected chi connectivity index (χ3v) is 5.93. The summed E-state index contributed by atoms with van der Waals surface area (Å²) in [6.45, 7) is 3.86. The highest BCUT2D eigenvalue weighted by atomic mass is 32.2. The molecule has 0 spiro atoms. The Kier molecular flexibility index (Phi) is 5.98. The fourth-order valence-corrected chi connectivity index (χ4v) is 4.03. The second-order valence-corrected chi connectivity index (χ2v) is 8.34. The first kappa shape index (κ1) is 20.5. The molecule has 0 aliphatic rings. The van der Waals surface area contributed by atoms with E-state index in [0.29, 0.717) is 5.56 Å². The molecule has 0 radical (unpaired) electrons. The summed E-state index contributed by atoms with van der Waals surface area (Å²) in [5.74, 6) is -0.982. The lowest BCUT2D eigenvalue weighted by atomic mass is 10.0. The number of sulfonamides is 1. The van der Waals surface area contributed by atoms with Crippen LogP contribution in [0.25, 0.3) is 0 Å². The van der Waals surface area contributed by atoms with Gasteiger partial charge >= 0.3 is 0 Å². The Morgan fingerprint density at radius 3 is 2.21 bits per heavy atom. The van der Waals surface area contributed by atoms with Crippen LogP contribution in [0.2, 0.25) is 0 Å². The fourth-order valence-electron chi connectivity index (χ4n) is 2.96. The normalized spacial score (nSPS) is 12.2. The number of anilines is 1. The third-order valence-electron chi connectivity index (χ3n) is 4.55. The first-order valence-corrected chi connectivity index (χ1v) is 10.5. The van der Waals surface area contributed by atoms with Gasteiger partial charge in [-0.25, -0.2) is 12.8 Å². The van der Waals surface area contributed by atoms with E-state index in [0.717, 1.165) is 11.1 Å². The smallest absolute Gasteiger partial charge is 0.261 e. The lowest BCUT2D eigenvalue weighted by Crippen LogP contribution is -2.27. The summed E-state index contributed by atoms with van der Waals surface area (Å²) in [6.07, 6.45) is 0. The van der Waals surface area contributed by atoms with Crippen molar-refractivity contribution in [2.75, 3.05) is 4.72 Å². The van der Waals surface area contributed by atoms with Gasteiger partial charge in [-0.05, 0) is 61.4 Å². The van der Waals surface area contributed by atoms with Gasteiger partial charge in [-0.3, -0.25) is 9.52 Å². The van der Waals surface area contributed by atoms with E-state index in [9.17, 15) is 17.6 Å². The number of halogens is 1. The topological polar surface area (TPSA) is 75.3 Å². The molecule has 1 unspecified atom stereocenters. The minimum absolute atomic E-state index is 0.0655. The Hall–Kier alpha value is -3.19. The van der Waals surface area contributed by atoms with Crippen LogP contribution in [0.15, 0.2) is 77.7 Å². The van der Waals surface area contributed by atoms with E-state index in [1.54, 1.807) is 0 Å². The molecule has 7 heteroatoms. The Morgan fingerprint density at radius 1 is 0.931 bits per heavy atom. The molecule has 0 bridgehead atoms. The molecule has 0 aliphatic carbocycles. The van der Waals surface area contributed by atoms with Crippen molar-refractivity contribution in [3.05, 3.63) is 95.3 Å². The van der Waals surface area contributed by atoms with Crippen molar-refractivity contribution in [1.29, 1.82) is 0 Å². The van der Waals surface area contributed by atoms with Crippen molar-refractivity contribution < 1.29 is 17.6 Å². The Bertz CT molecular complexity index is 1130. The van der Waals surface area contributed by atoms with E-state index < -0.39 is 15.8 Å². The number of para-hydroxylation sites is 1. The largest absolute Gasteiger partial charge is 0.346 e. The van der Waals surface area contributed by atoms with Crippen LogP contribution in [0.5, 0.6) is 0 Å². The molecule has 3 aromatic carbocycles. The number of amides is 1. The molecule has 1 atom stereocenters. The molecule has 0 aliphatic heterocycles. The molecule has 1 amide bonds. The lowest BCUT2D eigenvalue weighted by Gasteiger charge is -2.16. The van der Waals surface area contributed by atoms with Crippen molar-refractivity contribution in [3.63, 3.8) is 0 Å². The second kappa shape index (κ2) is 8.45. The monoisotopic (exact) mass is 412 g/mol. The molecule has 2 N–H and O–H groups in total. The molecule has 5 nitrogen and oxygen atoms in total. The van der Waals surface area contributed by atoms with E-state index >= 15 is 0 Å². The predicted molar refractivity (Wildman–Crippen MR) is 111 cm³/mol. The molecule has 0 aromatic heterocycles.